The zero-order chi connectivity index (χ0) is 20.8. The van der Waals surface area contributed by atoms with Gasteiger partial charge in [-0.3, -0.25) is 14.4 Å². The van der Waals surface area contributed by atoms with Crippen molar-refractivity contribution in [2.75, 3.05) is 32.7 Å². The van der Waals surface area contributed by atoms with Crippen LogP contribution < -0.4 is 5.32 Å². The van der Waals surface area contributed by atoms with Crippen molar-refractivity contribution in [3.63, 3.8) is 0 Å². The van der Waals surface area contributed by atoms with Crippen LogP contribution >= 0.6 is 0 Å². The first-order valence-electron chi connectivity index (χ1n) is 9.31. The number of carbonyl (C=O) groups is 3. The Hall–Kier alpha value is -3.29. The number of nitrogens with zero attached hydrogens (tertiary/aromatic N) is 2. The number of rotatable bonds is 4. The fourth-order valence-electron chi connectivity index (χ4n) is 3.15. The Balaban J connectivity index is 1.53. The Morgan fingerprint density at radius 2 is 1.52 bits per heavy atom. The highest BCUT2D eigenvalue weighted by atomic mass is 19.1. The molecule has 1 aliphatic heterocycles. The van der Waals surface area contributed by atoms with Crippen LogP contribution in [-0.2, 0) is 4.79 Å². The average Bonchev–Trinajstić information content (AvgIpc) is 2.98. The van der Waals surface area contributed by atoms with Gasteiger partial charge in [0.15, 0.2) is 0 Å². The van der Waals surface area contributed by atoms with E-state index in [1.54, 1.807) is 11.0 Å². The molecular weight excluding hydrogens is 380 g/mol. The summed E-state index contributed by atoms with van der Waals surface area (Å²) in [5.41, 5.74) is 0.274. The van der Waals surface area contributed by atoms with Gasteiger partial charge < -0.3 is 15.1 Å². The van der Waals surface area contributed by atoms with Crippen LogP contribution in [0, 0.1) is 11.6 Å². The van der Waals surface area contributed by atoms with Gasteiger partial charge >= 0.3 is 0 Å². The molecule has 0 radical (unpaired) electrons. The normalized spacial score (nSPS) is 14.3. The first-order valence-corrected chi connectivity index (χ1v) is 9.31. The minimum atomic E-state index is -0.571. The molecule has 6 nitrogen and oxygen atoms in total. The molecule has 29 heavy (non-hydrogen) atoms. The van der Waals surface area contributed by atoms with Crippen molar-refractivity contribution in [3.05, 3.63) is 71.3 Å². The van der Waals surface area contributed by atoms with Crippen LogP contribution in [0.3, 0.4) is 0 Å². The van der Waals surface area contributed by atoms with E-state index in [2.05, 4.69) is 5.32 Å². The van der Waals surface area contributed by atoms with E-state index in [-0.39, 0.29) is 30.1 Å². The molecule has 2 aromatic rings. The summed E-state index contributed by atoms with van der Waals surface area (Å²) in [5, 5.41) is 2.52. The smallest absolute Gasteiger partial charge is 0.256 e. The molecule has 152 valence electrons. The second-order valence-corrected chi connectivity index (χ2v) is 6.70. The summed E-state index contributed by atoms with van der Waals surface area (Å²) < 4.78 is 26.8. The number of nitrogens with one attached hydrogen (secondary N) is 1. The number of amides is 3. The van der Waals surface area contributed by atoms with Crippen LogP contribution in [-0.4, -0.2) is 60.2 Å². The molecule has 1 aliphatic rings. The lowest BCUT2D eigenvalue weighted by Crippen LogP contribution is -2.42. The van der Waals surface area contributed by atoms with Crippen LogP contribution in [0.2, 0.25) is 0 Å². The lowest BCUT2D eigenvalue weighted by molar-refractivity contribution is -0.129. The third-order valence-electron chi connectivity index (χ3n) is 4.75. The van der Waals surface area contributed by atoms with Gasteiger partial charge in [0, 0.05) is 31.7 Å². The fourth-order valence-corrected chi connectivity index (χ4v) is 3.15. The third-order valence-corrected chi connectivity index (χ3v) is 4.75. The van der Waals surface area contributed by atoms with Crippen molar-refractivity contribution < 1.29 is 23.2 Å². The molecule has 0 spiro atoms. The summed E-state index contributed by atoms with van der Waals surface area (Å²) in [6.45, 7) is 1.24. The summed E-state index contributed by atoms with van der Waals surface area (Å²) >= 11 is 0. The molecule has 0 aliphatic carbocycles. The van der Waals surface area contributed by atoms with E-state index < -0.39 is 23.4 Å². The Labute approximate surface area is 167 Å². The Kier molecular flexibility index (Phi) is 6.54. The maximum Gasteiger partial charge on any atom is 0.256 e. The predicted octanol–water partition coefficient (Wildman–Crippen LogP) is 2.07. The highest BCUT2D eigenvalue weighted by Crippen LogP contribution is 2.13. The lowest BCUT2D eigenvalue weighted by Gasteiger charge is -2.22. The molecule has 1 saturated heterocycles. The zero-order valence-electron chi connectivity index (χ0n) is 15.7. The van der Waals surface area contributed by atoms with E-state index in [4.69, 9.17) is 0 Å². The molecule has 0 saturated carbocycles. The quantitative estimate of drug-likeness (QED) is 0.853. The molecular formula is C21H21F2N3O3. The van der Waals surface area contributed by atoms with E-state index in [1.165, 1.54) is 47.4 Å². The molecule has 0 aromatic heterocycles. The van der Waals surface area contributed by atoms with Crippen molar-refractivity contribution in [3.8, 4) is 0 Å². The van der Waals surface area contributed by atoms with Gasteiger partial charge in [-0.05, 0) is 42.8 Å². The van der Waals surface area contributed by atoms with Crippen LogP contribution in [0.15, 0.2) is 48.5 Å². The van der Waals surface area contributed by atoms with Gasteiger partial charge in [-0.15, -0.1) is 0 Å². The summed E-state index contributed by atoms with van der Waals surface area (Å²) in [5.74, 6) is -2.16. The van der Waals surface area contributed by atoms with Gasteiger partial charge in [-0.1, -0.05) is 12.1 Å². The van der Waals surface area contributed by atoms with Gasteiger partial charge in [0.05, 0.1) is 12.1 Å². The summed E-state index contributed by atoms with van der Waals surface area (Å²) in [4.78, 5) is 40.1. The lowest BCUT2D eigenvalue weighted by atomic mass is 10.2. The Morgan fingerprint density at radius 3 is 2.24 bits per heavy atom. The SMILES string of the molecule is O=C(NCC(=O)N1CCCN(C(=O)c2ccccc2F)CC1)c1ccc(F)cc1. The first-order chi connectivity index (χ1) is 14.0. The van der Waals surface area contributed by atoms with E-state index in [9.17, 15) is 23.2 Å². The summed E-state index contributed by atoms with van der Waals surface area (Å²) in [7, 11) is 0. The molecule has 0 unspecified atom stereocenters. The Morgan fingerprint density at radius 1 is 0.862 bits per heavy atom. The topological polar surface area (TPSA) is 69.7 Å². The molecule has 8 heteroatoms. The highest BCUT2D eigenvalue weighted by Gasteiger charge is 2.24. The van der Waals surface area contributed by atoms with Crippen molar-refractivity contribution in [2.24, 2.45) is 0 Å². The fraction of sp³-hybridized carbons (Fsp3) is 0.286. The van der Waals surface area contributed by atoms with Gasteiger partial charge in [0.2, 0.25) is 5.91 Å². The van der Waals surface area contributed by atoms with Crippen LogP contribution in [0.1, 0.15) is 27.1 Å². The number of benzene rings is 2. The minimum absolute atomic E-state index is 0.0128. The average molecular weight is 401 g/mol. The number of hydrogen-bond donors (Lipinski definition) is 1. The molecule has 0 bridgehead atoms. The van der Waals surface area contributed by atoms with Crippen molar-refractivity contribution in [1.82, 2.24) is 15.1 Å². The van der Waals surface area contributed by atoms with Gasteiger partial charge in [-0.25, -0.2) is 8.78 Å². The second-order valence-electron chi connectivity index (χ2n) is 6.70. The van der Waals surface area contributed by atoms with E-state index >= 15 is 0 Å². The van der Waals surface area contributed by atoms with Gasteiger partial charge in [0.1, 0.15) is 11.6 Å². The molecule has 3 amide bonds. The predicted molar refractivity (Wildman–Crippen MR) is 102 cm³/mol. The van der Waals surface area contributed by atoms with E-state index in [1.807, 2.05) is 0 Å². The number of hydrogen-bond acceptors (Lipinski definition) is 3. The van der Waals surface area contributed by atoms with E-state index in [0.29, 0.717) is 26.1 Å². The standard InChI is InChI=1S/C21H21F2N3O3/c22-16-8-6-15(7-9-16)20(28)24-14-19(27)25-10-3-11-26(13-12-25)21(29)17-4-1-2-5-18(17)23/h1-2,4-9H,3,10-14H2,(H,24,28). The van der Waals surface area contributed by atoms with Gasteiger partial charge in [0.25, 0.3) is 11.8 Å². The maximum atomic E-state index is 13.9. The van der Waals surface area contributed by atoms with E-state index in [0.717, 1.165) is 0 Å². The van der Waals surface area contributed by atoms with Crippen LogP contribution in [0.5, 0.6) is 0 Å². The molecule has 3 rings (SSSR count). The number of carbonyl (C=O) groups excluding carboxylic acids is 3. The van der Waals surface area contributed by atoms with Crippen molar-refractivity contribution >= 4 is 17.7 Å². The van der Waals surface area contributed by atoms with Crippen molar-refractivity contribution in [1.29, 1.82) is 0 Å². The third kappa shape index (κ3) is 5.16. The molecule has 2 aromatic carbocycles. The minimum Gasteiger partial charge on any atom is -0.343 e. The monoisotopic (exact) mass is 401 g/mol. The van der Waals surface area contributed by atoms with Crippen molar-refractivity contribution in [2.45, 2.75) is 6.42 Å². The first kappa shape index (κ1) is 20.4. The maximum absolute atomic E-state index is 13.9. The van der Waals surface area contributed by atoms with Crippen LogP contribution in [0.4, 0.5) is 8.78 Å². The van der Waals surface area contributed by atoms with Crippen LogP contribution in [0.25, 0.3) is 0 Å². The second kappa shape index (κ2) is 9.27. The Bertz CT molecular complexity index is 902. The summed E-state index contributed by atoms with van der Waals surface area (Å²) in [6, 6.07) is 10.8. The molecule has 1 N–H and O–H groups in total. The summed E-state index contributed by atoms with van der Waals surface area (Å²) in [6.07, 6.45) is 0.553. The highest BCUT2D eigenvalue weighted by molar-refractivity contribution is 5.96. The van der Waals surface area contributed by atoms with Gasteiger partial charge in [-0.2, -0.15) is 0 Å². The molecule has 0 atom stereocenters. The largest absolute Gasteiger partial charge is 0.343 e. The molecule has 1 fully saturated rings. The number of halogens is 2. The zero-order valence-corrected chi connectivity index (χ0v) is 15.7. The molecule has 1 heterocycles.